The maximum atomic E-state index is 12.8. The van der Waals surface area contributed by atoms with Crippen LogP contribution in [0.1, 0.15) is 33.6 Å². The smallest absolute Gasteiger partial charge is 0.282 e. The minimum Gasteiger partial charge on any atom is -0.396 e. The summed E-state index contributed by atoms with van der Waals surface area (Å²) in [5.74, 6) is 0.0602. The normalized spacial score (nSPS) is 33.2. The Bertz CT molecular complexity index is 438. The molecule has 2 aliphatic heterocycles. The molecule has 0 bridgehead atoms. The quantitative estimate of drug-likeness (QED) is 0.821. The first-order valence-corrected chi connectivity index (χ1v) is 8.68. The Hall–Kier alpha value is -0.210. The maximum Gasteiger partial charge on any atom is 0.282 e. The summed E-state index contributed by atoms with van der Waals surface area (Å²) in [6.07, 6.45) is 1.60. The summed E-state index contributed by atoms with van der Waals surface area (Å²) in [7, 11) is -3.46. The molecule has 2 aliphatic rings. The van der Waals surface area contributed by atoms with Gasteiger partial charge in [0.05, 0.1) is 11.7 Å². The molecule has 2 saturated heterocycles. The largest absolute Gasteiger partial charge is 0.396 e. The Morgan fingerprint density at radius 3 is 2.60 bits per heavy atom. The van der Waals surface area contributed by atoms with Crippen molar-refractivity contribution in [2.45, 2.75) is 45.3 Å². The predicted octanol–water partition coefficient (Wildman–Crippen LogP) is 0.435. The minimum atomic E-state index is -3.46. The topological polar surface area (TPSA) is 70.1 Å². The van der Waals surface area contributed by atoms with E-state index in [2.05, 4.69) is 0 Å². The van der Waals surface area contributed by atoms with Gasteiger partial charge in [0, 0.05) is 32.8 Å². The summed E-state index contributed by atoms with van der Waals surface area (Å²) < 4.78 is 34.3. The van der Waals surface area contributed by atoms with Gasteiger partial charge in [0.15, 0.2) is 0 Å². The van der Waals surface area contributed by atoms with E-state index in [1.165, 1.54) is 8.61 Å². The zero-order valence-electron chi connectivity index (χ0n) is 12.6. The van der Waals surface area contributed by atoms with Gasteiger partial charge in [0.25, 0.3) is 10.2 Å². The Morgan fingerprint density at radius 1 is 1.30 bits per heavy atom. The molecule has 6 nitrogen and oxygen atoms in total. The van der Waals surface area contributed by atoms with Gasteiger partial charge in [-0.25, -0.2) is 0 Å². The summed E-state index contributed by atoms with van der Waals surface area (Å²) in [5, 5.41) is 9.25. The summed E-state index contributed by atoms with van der Waals surface area (Å²) in [5.41, 5.74) is -0.461. The van der Waals surface area contributed by atoms with Crippen LogP contribution in [-0.4, -0.2) is 66.6 Å². The van der Waals surface area contributed by atoms with Crippen LogP contribution < -0.4 is 0 Å². The van der Waals surface area contributed by atoms with E-state index in [9.17, 15) is 13.5 Å². The SMILES string of the molecule is CC1CN(S(=O)(=O)N2CCCC(CO)C2)CC(C)(C)O1. The van der Waals surface area contributed by atoms with Gasteiger partial charge in [-0.15, -0.1) is 0 Å². The van der Waals surface area contributed by atoms with Crippen molar-refractivity contribution in [3.8, 4) is 0 Å². The Kier molecular flexibility index (Phi) is 4.76. The zero-order chi connectivity index (χ0) is 15.0. The highest BCUT2D eigenvalue weighted by Gasteiger charge is 2.40. The molecule has 2 fully saturated rings. The van der Waals surface area contributed by atoms with Gasteiger partial charge in [-0.1, -0.05) is 0 Å². The van der Waals surface area contributed by atoms with E-state index in [1.54, 1.807) is 0 Å². The molecular weight excluding hydrogens is 280 g/mol. The van der Waals surface area contributed by atoms with Crippen molar-refractivity contribution in [1.82, 2.24) is 8.61 Å². The molecule has 7 heteroatoms. The van der Waals surface area contributed by atoms with Crippen molar-refractivity contribution >= 4 is 10.2 Å². The molecule has 0 aromatic carbocycles. The molecule has 0 aliphatic carbocycles. The molecule has 2 rings (SSSR count). The van der Waals surface area contributed by atoms with E-state index in [0.717, 1.165) is 12.8 Å². The summed E-state index contributed by atoms with van der Waals surface area (Å²) >= 11 is 0. The zero-order valence-corrected chi connectivity index (χ0v) is 13.4. The van der Waals surface area contributed by atoms with Crippen molar-refractivity contribution in [3.05, 3.63) is 0 Å². The number of aliphatic hydroxyl groups is 1. The summed E-state index contributed by atoms with van der Waals surface area (Å²) in [4.78, 5) is 0. The third kappa shape index (κ3) is 3.51. The number of hydrogen-bond acceptors (Lipinski definition) is 4. The van der Waals surface area contributed by atoms with Gasteiger partial charge < -0.3 is 9.84 Å². The highest BCUT2D eigenvalue weighted by Crippen LogP contribution is 2.27. The Balaban J connectivity index is 2.13. The van der Waals surface area contributed by atoms with E-state index in [1.807, 2.05) is 20.8 Å². The van der Waals surface area contributed by atoms with Crippen LogP contribution in [-0.2, 0) is 14.9 Å². The maximum absolute atomic E-state index is 12.8. The average Bonchev–Trinajstić information content (AvgIpc) is 2.36. The molecule has 2 unspecified atom stereocenters. The average molecular weight is 306 g/mol. The van der Waals surface area contributed by atoms with Crippen LogP contribution in [0, 0.1) is 5.92 Å². The number of nitrogens with zero attached hydrogens (tertiary/aromatic N) is 2. The molecule has 0 saturated carbocycles. The summed E-state index contributed by atoms with van der Waals surface area (Å²) in [6.45, 7) is 7.52. The van der Waals surface area contributed by atoms with Gasteiger partial charge in [0.1, 0.15) is 0 Å². The molecule has 118 valence electrons. The van der Waals surface area contributed by atoms with E-state index in [-0.39, 0.29) is 18.6 Å². The molecule has 1 N–H and O–H groups in total. The molecular formula is C13H26N2O4S. The minimum absolute atomic E-state index is 0.0526. The highest BCUT2D eigenvalue weighted by molar-refractivity contribution is 7.86. The van der Waals surface area contributed by atoms with E-state index >= 15 is 0 Å². The Labute approximate surface area is 121 Å². The lowest BCUT2D eigenvalue weighted by molar-refractivity contribution is -0.110. The van der Waals surface area contributed by atoms with Crippen LogP contribution in [0.25, 0.3) is 0 Å². The fourth-order valence-electron chi connectivity index (χ4n) is 3.12. The second-order valence-corrected chi connectivity index (χ2v) is 8.47. The lowest BCUT2D eigenvalue weighted by atomic mass is 10.0. The monoisotopic (exact) mass is 306 g/mol. The first-order valence-electron chi connectivity index (χ1n) is 7.28. The van der Waals surface area contributed by atoms with Crippen molar-refractivity contribution in [1.29, 1.82) is 0 Å². The predicted molar refractivity (Wildman–Crippen MR) is 76.5 cm³/mol. The first-order chi connectivity index (χ1) is 9.24. The second-order valence-electron chi connectivity index (χ2n) is 6.54. The van der Waals surface area contributed by atoms with Crippen molar-refractivity contribution in [3.63, 3.8) is 0 Å². The van der Waals surface area contributed by atoms with Crippen LogP contribution in [0.2, 0.25) is 0 Å². The molecule has 2 atom stereocenters. The fourth-order valence-corrected chi connectivity index (χ4v) is 5.08. The molecule has 0 spiro atoms. The van der Waals surface area contributed by atoms with Gasteiger partial charge >= 0.3 is 0 Å². The van der Waals surface area contributed by atoms with Gasteiger partial charge in [-0.05, 0) is 39.5 Å². The van der Waals surface area contributed by atoms with Crippen LogP contribution in [0.5, 0.6) is 0 Å². The molecule has 0 radical (unpaired) electrons. The third-order valence-electron chi connectivity index (χ3n) is 3.93. The van der Waals surface area contributed by atoms with E-state index in [4.69, 9.17) is 4.74 Å². The molecule has 20 heavy (non-hydrogen) atoms. The number of hydrogen-bond donors (Lipinski definition) is 1. The third-order valence-corrected chi connectivity index (χ3v) is 5.85. The number of morpholine rings is 1. The molecule has 0 aromatic rings. The lowest BCUT2D eigenvalue weighted by Gasteiger charge is -2.43. The van der Waals surface area contributed by atoms with Crippen molar-refractivity contribution in [2.24, 2.45) is 5.92 Å². The number of piperidine rings is 1. The highest BCUT2D eigenvalue weighted by atomic mass is 32.2. The number of aliphatic hydroxyl groups excluding tert-OH is 1. The second kappa shape index (κ2) is 5.88. The number of ether oxygens (including phenoxy) is 1. The number of rotatable bonds is 3. The van der Waals surface area contributed by atoms with Gasteiger partial charge in [-0.3, -0.25) is 0 Å². The lowest BCUT2D eigenvalue weighted by Crippen LogP contribution is -2.58. The van der Waals surface area contributed by atoms with Crippen LogP contribution in [0.4, 0.5) is 0 Å². The Morgan fingerprint density at radius 2 is 2.00 bits per heavy atom. The van der Waals surface area contributed by atoms with Crippen LogP contribution >= 0.6 is 0 Å². The van der Waals surface area contributed by atoms with Gasteiger partial charge in [-0.2, -0.15) is 17.0 Å². The van der Waals surface area contributed by atoms with E-state index < -0.39 is 15.8 Å². The molecule has 2 heterocycles. The van der Waals surface area contributed by atoms with Crippen LogP contribution in [0.3, 0.4) is 0 Å². The van der Waals surface area contributed by atoms with Gasteiger partial charge in [0.2, 0.25) is 0 Å². The van der Waals surface area contributed by atoms with E-state index in [0.29, 0.717) is 26.2 Å². The first kappa shape index (κ1) is 16.2. The molecule has 0 aromatic heterocycles. The van der Waals surface area contributed by atoms with Crippen molar-refractivity contribution < 1.29 is 18.3 Å². The molecule has 0 amide bonds. The van der Waals surface area contributed by atoms with Crippen LogP contribution in [0.15, 0.2) is 0 Å². The van der Waals surface area contributed by atoms with Crippen molar-refractivity contribution in [2.75, 3.05) is 32.8 Å². The summed E-state index contributed by atoms with van der Waals surface area (Å²) in [6, 6.07) is 0. The fraction of sp³-hybridized carbons (Fsp3) is 1.00. The standard InChI is InChI=1S/C13H26N2O4S/c1-11-7-15(10-13(2,3)19-11)20(17,18)14-6-4-5-12(8-14)9-16/h11-12,16H,4-10H2,1-3H3.